The molecule has 0 aliphatic carbocycles. The van der Waals surface area contributed by atoms with Crippen LogP contribution in [0, 0.1) is 10.1 Å². The predicted molar refractivity (Wildman–Crippen MR) is 66.4 cm³/mol. The largest absolute Gasteiger partial charge is 0.464 e. The van der Waals surface area contributed by atoms with E-state index in [1.54, 1.807) is 13.0 Å². The number of nitro benzene ring substituents is 1. The molecule has 7 heteroatoms. The topological polar surface area (TPSA) is 98.5 Å². The van der Waals surface area contributed by atoms with Gasteiger partial charge >= 0.3 is 5.97 Å². The highest BCUT2D eigenvalue weighted by atomic mass is 16.6. The molecule has 1 N–H and O–H groups in total. The second kappa shape index (κ2) is 7.10. The number of carbonyl (C=O) groups is 2. The van der Waals surface area contributed by atoms with Gasteiger partial charge in [0.1, 0.15) is 6.04 Å². The number of nitrogens with one attached hydrogen (secondary N) is 1. The summed E-state index contributed by atoms with van der Waals surface area (Å²) in [5.74, 6) is -0.568. The fourth-order valence-corrected chi connectivity index (χ4v) is 1.57. The van der Waals surface area contributed by atoms with Crippen molar-refractivity contribution in [1.29, 1.82) is 0 Å². The second-order valence-corrected chi connectivity index (χ2v) is 3.72. The van der Waals surface area contributed by atoms with Gasteiger partial charge in [-0.15, -0.1) is 0 Å². The molecule has 0 aromatic heterocycles. The van der Waals surface area contributed by atoms with Crippen molar-refractivity contribution in [2.45, 2.75) is 19.4 Å². The van der Waals surface area contributed by atoms with Crippen LogP contribution in [-0.2, 0) is 20.7 Å². The van der Waals surface area contributed by atoms with Crippen molar-refractivity contribution in [2.75, 3.05) is 6.61 Å². The summed E-state index contributed by atoms with van der Waals surface area (Å²) in [5.41, 5.74) is 0.507. The molecule has 0 radical (unpaired) electrons. The highest BCUT2D eigenvalue weighted by molar-refractivity contribution is 5.78. The lowest BCUT2D eigenvalue weighted by molar-refractivity contribution is -0.384. The number of amides is 1. The summed E-state index contributed by atoms with van der Waals surface area (Å²) in [6.45, 7) is 1.86. The number of nitrogens with zero attached hydrogens (tertiary/aromatic N) is 1. The van der Waals surface area contributed by atoms with Crippen LogP contribution in [0.4, 0.5) is 5.69 Å². The third kappa shape index (κ3) is 4.38. The van der Waals surface area contributed by atoms with Crippen LogP contribution in [0.3, 0.4) is 0 Å². The van der Waals surface area contributed by atoms with Crippen LogP contribution >= 0.6 is 0 Å². The minimum absolute atomic E-state index is 0.0637. The first kappa shape index (κ1) is 14.6. The Labute approximate surface area is 109 Å². The molecule has 0 fully saturated rings. The number of benzene rings is 1. The molecule has 0 saturated carbocycles. The quantitative estimate of drug-likeness (QED) is 0.341. The summed E-state index contributed by atoms with van der Waals surface area (Å²) >= 11 is 0. The molecule has 1 aromatic carbocycles. The molecule has 1 aromatic rings. The number of non-ortho nitro benzene ring substituents is 1. The van der Waals surface area contributed by atoms with E-state index in [1.807, 2.05) is 0 Å². The number of carbonyl (C=O) groups excluding carboxylic acids is 2. The van der Waals surface area contributed by atoms with E-state index in [4.69, 9.17) is 4.74 Å². The van der Waals surface area contributed by atoms with Crippen LogP contribution in [0.5, 0.6) is 0 Å². The van der Waals surface area contributed by atoms with Crippen LogP contribution in [0.25, 0.3) is 0 Å². The Kier molecular flexibility index (Phi) is 5.46. The first-order valence-electron chi connectivity index (χ1n) is 5.68. The van der Waals surface area contributed by atoms with E-state index in [1.165, 1.54) is 18.2 Å². The van der Waals surface area contributed by atoms with Gasteiger partial charge in [0.15, 0.2) is 0 Å². The predicted octanol–water partition coefficient (Wildman–Crippen LogP) is 0.815. The van der Waals surface area contributed by atoms with E-state index in [-0.39, 0.29) is 18.7 Å². The van der Waals surface area contributed by atoms with Gasteiger partial charge in [0.25, 0.3) is 5.69 Å². The van der Waals surface area contributed by atoms with Gasteiger partial charge in [-0.25, -0.2) is 4.79 Å². The summed E-state index contributed by atoms with van der Waals surface area (Å²) in [5, 5.41) is 13.0. The van der Waals surface area contributed by atoms with E-state index in [0.717, 1.165) is 0 Å². The van der Waals surface area contributed by atoms with Gasteiger partial charge in [-0.1, -0.05) is 12.1 Å². The van der Waals surface area contributed by atoms with Crippen LogP contribution in [-0.4, -0.2) is 30.0 Å². The van der Waals surface area contributed by atoms with E-state index < -0.39 is 16.9 Å². The number of hydrogen-bond donors (Lipinski definition) is 1. The highest BCUT2D eigenvalue weighted by Crippen LogP contribution is 2.14. The molecule has 102 valence electrons. The molecule has 19 heavy (non-hydrogen) atoms. The van der Waals surface area contributed by atoms with Crippen molar-refractivity contribution >= 4 is 18.1 Å². The summed E-state index contributed by atoms with van der Waals surface area (Å²) in [6, 6.07) is 5.04. The SMILES string of the molecule is CCOC(=O)[C@H](Cc1cccc([N+](=O)[O-])c1)NC=O. The molecule has 0 unspecified atom stereocenters. The van der Waals surface area contributed by atoms with Gasteiger partial charge in [-0.2, -0.15) is 0 Å². The molecule has 7 nitrogen and oxygen atoms in total. The fraction of sp³-hybridized carbons (Fsp3) is 0.333. The van der Waals surface area contributed by atoms with E-state index in [2.05, 4.69) is 5.32 Å². The Hall–Kier alpha value is -2.44. The molecule has 1 amide bonds. The maximum absolute atomic E-state index is 11.6. The summed E-state index contributed by atoms with van der Waals surface area (Å²) < 4.78 is 4.81. The average molecular weight is 266 g/mol. The molecule has 0 bridgehead atoms. The van der Waals surface area contributed by atoms with Crippen LogP contribution in [0.2, 0.25) is 0 Å². The standard InChI is InChI=1S/C12H14N2O5/c1-2-19-12(16)11(13-8-15)7-9-4-3-5-10(6-9)14(17)18/h3-6,8,11H,2,7H2,1H3,(H,13,15)/t11-/m0/s1. The first-order chi connectivity index (χ1) is 9.08. The third-order valence-electron chi connectivity index (χ3n) is 2.40. The third-order valence-corrected chi connectivity index (χ3v) is 2.40. The fourth-order valence-electron chi connectivity index (χ4n) is 1.57. The summed E-state index contributed by atoms with van der Waals surface area (Å²) in [7, 11) is 0. The molecule has 0 heterocycles. The lowest BCUT2D eigenvalue weighted by Gasteiger charge is -2.14. The number of esters is 1. The second-order valence-electron chi connectivity index (χ2n) is 3.72. The van der Waals surface area contributed by atoms with Crippen LogP contribution in [0.15, 0.2) is 24.3 Å². The van der Waals surface area contributed by atoms with Crippen molar-refractivity contribution < 1.29 is 19.2 Å². The minimum atomic E-state index is -0.848. The van der Waals surface area contributed by atoms with Gasteiger partial charge in [0, 0.05) is 18.6 Å². The molecule has 0 aliphatic rings. The molecule has 0 aliphatic heterocycles. The van der Waals surface area contributed by atoms with Gasteiger partial charge < -0.3 is 10.1 Å². The number of nitro groups is 1. The van der Waals surface area contributed by atoms with E-state index in [9.17, 15) is 19.7 Å². The van der Waals surface area contributed by atoms with Gasteiger partial charge in [-0.05, 0) is 12.5 Å². The first-order valence-corrected chi connectivity index (χ1v) is 5.68. The van der Waals surface area contributed by atoms with Crippen molar-refractivity contribution in [3.05, 3.63) is 39.9 Å². The normalized spacial score (nSPS) is 11.4. The maximum atomic E-state index is 11.6. The zero-order valence-electron chi connectivity index (χ0n) is 10.4. The lowest BCUT2D eigenvalue weighted by Crippen LogP contribution is -2.39. The summed E-state index contributed by atoms with van der Waals surface area (Å²) in [6.07, 6.45) is 0.540. The minimum Gasteiger partial charge on any atom is -0.464 e. The smallest absolute Gasteiger partial charge is 0.328 e. The molecule has 0 spiro atoms. The zero-order chi connectivity index (χ0) is 14.3. The monoisotopic (exact) mass is 266 g/mol. The molecular weight excluding hydrogens is 252 g/mol. The van der Waals surface area contributed by atoms with Crippen LogP contribution < -0.4 is 5.32 Å². The Balaban J connectivity index is 2.83. The molecular formula is C12H14N2O5. The Morgan fingerprint density at radius 2 is 2.32 bits per heavy atom. The summed E-state index contributed by atoms with van der Waals surface area (Å²) in [4.78, 5) is 32.2. The van der Waals surface area contributed by atoms with Crippen molar-refractivity contribution in [3.8, 4) is 0 Å². The Morgan fingerprint density at radius 1 is 1.58 bits per heavy atom. The van der Waals surface area contributed by atoms with E-state index in [0.29, 0.717) is 12.0 Å². The Morgan fingerprint density at radius 3 is 2.89 bits per heavy atom. The molecule has 0 saturated heterocycles. The maximum Gasteiger partial charge on any atom is 0.328 e. The number of rotatable bonds is 7. The van der Waals surface area contributed by atoms with Gasteiger partial charge in [-0.3, -0.25) is 14.9 Å². The molecule has 1 rings (SSSR count). The van der Waals surface area contributed by atoms with Crippen molar-refractivity contribution in [2.24, 2.45) is 0 Å². The van der Waals surface area contributed by atoms with Crippen molar-refractivity contribution in [1.82, 2.24) is 5.32 Å². The highest BCUT2D eigenvalue weighted by Gasteiger charge is 2.20. The molecule has 1 atom stereocenters. The number of hydrogen-bond acceptors (Lipinski definition) is 5. The van der Waals surface area contributed by atoms with Crippen LogP contribution in [0.1, 0.15) is 12.5 Å². The Bertz CT molecular complexity index is 475. The van der Waals surface area contributed by atoms with Crippen molar-refractivity contribution in [3.63, 3.8) is 0 Å². The average Bonchev–Trinajstić information content (AvgIpc) is 2.39. The lowest BCUT2D eigenvalue weighted by atomic mass is 10.1. The van der Waals surface area contributed by atoms with Gasteiger partial charge in [0.05, 0.1) is 11.5 Å². The number of ether oxygens (including phenoxy) is 1. The van der Waals surface area contributed by atoms with Gasteiger partial charge in [0.2, 0.25) is 6.41 Å². The van der Waals surface area contributed by atoms with E-state index >= 15 is 0 Å². The zero-order valence-corrected chi connectivity index (χ0v) is 10.4.